The molecule has 2 rings (SSSR count). The van der Waals surface area contributed by atoms with Gasteiger partial charge in [-0.2, -0.15) is 0 Å². The van der Waals surface area contributed by atoms with Crippen molar-refractivity contribution in [3.05, 3.63) is 50.9 Å². The second-order valence-corrected chi connectivity index (χ2v) is 5.98. The summed E-state index contributed by atoms with van der Waals surface area (Å²) < 4.78 is 1.20. The van der Waals surface area contributed by atoms with E-state index in [0.29, 0.717) is 5.92 Å². The van der Waals surface area contributed by atoms with E-state index in [1.807, 2.05) is 12.6 Å². The Bertz CT molecular complexity index is 470. The molecule has 0 aliphatic carbocycles. The monoisotopic (exact) mass is 324 g/mol. The van der Waals surface area contributed by atoms with Crippen molar-refractivity contribution in [2.45, 2.75) is 12.8 Å². The molecule has 0 saturated heterocycles. The first-order valence-corrected chi connectivity index (χ1v) is 7.78. The molecule has 1 N–H and O–H groups in total. The molecule has 0 bridgehead atoms. The Balaban J connectivity index is 2.04. The lowest BCUT2D eigenvalue weighted by Gasteiger charge is -2.16. The van der Waals surface area contributed by atoms with Gasteiger partial charge < -0.3 is 5.32 Å². The van der Waals surface area contributed by atoms with E-state index in [9.17, 15) is 0 Å². The predicted octanol–water partition coefficient (Wildman–Crippen LogP) is 3.53. The number of aromatic nitrogens is 1. The van der Waals surface area contributed by atoms with Crippen LogP contribution in [0.4, 0.5) is 0 Å². The highest BCUT2D eigenvalue weighted by Gasteiger charge is 2.12. The first-order valence-electron chi connectivity index (χ1n) is 6.04. The van der Waals surface area contributed by atoms with E-state index in [-0.39, 0.29) is 0 Å². The molecule has 0 fully saturated rings. The van der Waals surface area contributed by atoms with Crippen molar-refractivity contribution in [1.82, 2.24) is 10.3 Å². The summed E-state index contributed by atoms with van der Waals surface area (Å²) in [7, 11) is 2.01. The Morgan fingerprint density at radius 2 is 2.17 bits per heavy atom. The van der Waals surface area contributed by atoms with Crippen molar-refractivity contribution < 1.29 is 0 Å². The van der Waals surface area contributed by atoms with Crippen LogP contribution in [0.2, 0.25) is 0 Å². The highest BCUT2D eigenvalue weighted by molar-refractivity contribution is 9.10. The SMILES string of the molecule is CNCC(Cc1cscn1)Cc1ccccc1Br. The average molecular weight is 325 g/mol. The molecule has 0 spiro atoms. The van der Waals surface area contributed by atoms with Crippen LogP contribution < -0.4 is 5.32 Å². The van der Waals surface area contributed by atoms with Crippen LogP contribution in [0.1, 0.15) is 11.3 Å². The highest BCUT2D eigenvalue weighted by Crippen LogP contribution is 2.21. The molecule has 2 aromatic rings. The van der Waals surface area contributed by atoms with Gasteiger partial charge in [0.2, 0.25) is 0 Å². The molecule has 0 aliphatic rings. The smallest absolute Gasteiger partial charge is 0.0794 e. The van der Waals surface area contributed by atoms with Crippen molar-refractivity contribution in [2.75, 3.05) is 13.6 Å². The van der Waals surface area contributed by atoms with E-state index in [2.05, 4.69) is 55.9 Å². The molecule has 4 heteroatoms. The third-order valence-corrected chi connectivity index (χ3v) is 4.35. The van der Waals surface area contributed by atoms with Gasteiger partial charge in [0.05, 0.1) is 11.2 Å². The van der Waals surface area contributed by atoms with Crippen molar-refractivity contribution >= 4 is 27.3 Å². The molecule has 18 heavy (non-hydrogen) atoms. The molecule has 0 amide bonds. The lowest BCUT2D eigenvalue weighted by molar-refractivity contribution is 0.488. The zero-order valence-corrected chi connectivity index (χ0v) is 12.8. The lowest BCUT2D eigenvalue weighted by atomic mass is 9.95. The van der Waals surface area contributed by atoms with Gasteiger partial charge in [0.1, 0.15) is 0 Å². The number of thiazole rings is 1. The molecule has 1 aromatic carbocycles. The van der Waals surface area contributed by atoms with Crippen LogP contribution in [-0.4, -0.2) is 18.6 Å². The standard InChI is InChI=1S/C14H17BrN2S/c1-16-8-11(7-13-9-18-10-17-13)6-12-4-2-3-5-14(12)15/h2-5,9-11,16H,6-8H2,1H3. The minimum atomic E-state index is 0.579. The number of hydrogen-bond donors (Lipinski definition) is 1. The van der Waals surface area contributed by atoms with Gasteiger partial charge in [-0.1, -0.05) is 34.1 Å². The Morgan fingerprint density at radius 1 is 1.33 bits per heavy atom. The Morgan fingerprint density at radius 3 is 2.83 bits per heavy atom. The number of benzene rings is 1. The zero-order chi connectivity index (χ0) is 12.8. The van der Waals surface area contributed by atoms with E-state index < -0.39 is 0 Å². The van der Waals surface area contributed by atoms with Gasteiger partial charge in [-0.25, -0.2) is 4.98 Å². The highest BCUT2D eigenvalue weighted by atomic mass is 79.9. The van der Waals surface area contributed by atoms with Gasteiger partial charge in [0.25, 0.3) is 0 Å². The largest absolute Gasteiger partial charge is 0.319 e. The summed E-state index contributed by atoms with van der Waals surface area (Å²) in [6, 6.07) is 8.45. The van der Waals surface area contributed by atoms with Gasteiger partial charge >= 0.3 is 0 Å². The fourth-order valence-corrected chi connectivity index (χ4v) is 3.13. The topological polar surface area (TPSA) is 24.9 Å². The Hall–Kier alpha value is -0.710. The molecular formula is C14H17BrN2S. The fraction of sp³-hybridized carbons (Fsp3) is 0.357. The van der Waals surface area contributed by atoms with Crippen molar-refractivity contribution in [2.24, 2.45) is 5.92 Å². The summed E-state index contributed by atoms with van der Waals surface area (Å²) in [5.74, 6) is 0.579. The number of rotatable bonds is 6. The first-order chi connectivity index (χ1) is 8.79. The van der Waals surface area contributed by atoms with E-state index in [1.54, 1.807) is 11.3 Å². The summed E-state index contributed by atoms with van der Waals surface area (Å²) >= 11 is 5.29. The molecular weight excluding hydrogens is 308 g/mol. The summed E-state index contributed by atoms with van der Waals surface area (Å²) in [6.07, 6.45) is 2.10. The third-order valence-electron chi connectivity index (χ3n) is 2.94. The van der Waals surface area contributed by atoms with Gasteiger partial charge in [0.15, 0.2) is 0 Å². The first kappa shape index (κ1) is 13.7. The normalized spacial score (nSPS) is 12.6. The maximum absolute atomic E-state index is 4.38. The zero-order valence-electron chi connectivity index (χ0n) is 10.4. The van der Waals surface area contributed by atoms with Crippen LogP contribution in [0.15, 0.2) is 39.6 Å². The van der Waals surface area contributed by atoms with E-state index in [4.69, 9.17) is 0 Å². The van der Waals surface area contributed by atoms with Crippen molar-refractivity contribution in [3.63, 3.8) is 0 Å². The molecule has 0 aliphatic heterocycles. The average Bonchev–Trinajstić information content (AvgIpc) is 2.85. The molecule has 0 saturated carbocycles. The van der Waals surface area contributed by atoms with Gasteiger partial charge in [-0.3, -0.25) is 0 Å². The van der Waals surface area contributed by atoms with E-state index in [1.165, 1.54) is 15.7 Å². The maximum Gasteiger partial charge on any atom is 0.0794 e. The van der Waals surface area contributed by atoms with Crippen LogP contribution >= 0.6 is 27.3 Å². The summed E-state index contributed by atoms with van der Waals surface area (Å²) in [5, 5.41) is 5.42. The molecule has 1 unspecified atom stereocenters. The summed E-state index contributed by atoms with van der Waals surface area (Å²) in [4.78, 5) is 4.38. The van der Waals surface area contributed by atoms with Crippen molar-refractivity contribution in [1.29, 1.82) is 0 Å². The summed E-state index contributed by atoms with van der Waals surface area (Å²) in [6.45, 7) is 1.01. The Kier molecular flexibility index (Phi) is 5.35. The van der Waals surface area contributed by atoms with Gasteiger partial charge in [0, 0.05) is 9.85 Å². The van der Waals surface area contributed by atoms with Crippen LogP contribution in [-0.2, 0) is 12.8 Å². The molecule has 0 radical (unpaired) electrons. The second-order valence-electron chi connectivity index (χ2n) is 4.40. The van der Waals surface area contributed by atoms with Gasteiger partial charge in [-0.05, 0) is 44.0 Å². The Labute approximate surface area is 121 Å². The second kappa shape index (κ2) is 7.02. The van der Waals surface area contributed by atoms with Crippen molar-refractivity contribution in [3.8, 4) is 0 Å². The van der Waals surface area contributed by atoms with E-state index in [0.717, 1.165) is 19.4 Å². The molecule has 2 nitrogen and oxygen atoms in total. The number of hydrogen-bond acceptors (Lipinski definition) is 3. The lowest BCUT2D eigenvalue weighted by Crippen LogP contribution is -2.23. The van der Waals surface area contributed by atoms with Crippen LogP contribution in [0.3, 0.4) is 0 Å². The summed E-state index contributed by atoms with van der Waals surface area (Å²) in [5.41, 5.74) is 4.48. The fourth-order valence-electron chi connectivity index (χ4n) is 2.11. The maximum atomic E-state index is 4.38. The molecule has 1 heterocycles. The van der Waals surface area contributed by atoms with Crippen LogP contribution in [0.5, 0.6) is 0 Å². The number of halogens is 1. The molecule has 1 atom stereocenters. The molecule has 1 aromatic heterocycles. The number of nitrogens with zero attached hydrogens (tertiary/aromatic N) is 1. The minimum absolute atomic E-state index is 0.579. The predicted molar refractivity (Wildman–Crippen MR) is 81.1 cm³/mol. The quantitative estimate of drug-likeness (QED) is 0.879. The van der Waals surface area contributed by atoms with E-state index >= 15 is 0 Å². The minimum Gasteiger partial charge on any atom is -0.319 e. The van der Waals surface area contributed by atoms with Crippen LogP contribution in [0.25, 0.3) is 0 Å². The van der Waals surface area contributed by atoms with Gasteiger partial charge in [-0.15, -0.1) is 11.3 Å². The third kappa shape index (κ3) is 3.90. The molecule has 96 valence electrons. The number of nitrogens with one attached hydrogen (secondary N) is 1. The van der Waals surface area contributed by atoms with Crippen LogP contribution in [0, 0.1) is 5.92 Å².